The second-order valence-electron chi connectivity index (χ2n) is 2.97. The number of hydrogen-bond acceptors (Lipinski definition) is 3. The van der Waals surface area contributed by atoms with Crippen LogP contribution in [0.2, 0.25) is 0 Å². The van der Waals surface area contributed by atoms with Gasteiger partial charge in [0.2, 0.25) is 0 Å². The van der Waals surface area contributed by atoms with Gasteiger partial charge in [0.25, 0.3) is 5.91 Å². The summed E-state index contributed by atoms with van der Waals surface area (Å²) >= 11 is 3.22. The quantitative estimate of drug-likeness (QED) is 0.850. The third kappa shape index (κ3) is 3.87. The van der Waals surface area contributed by atoms with E-state index in [9.17, 15) is 4.79 Å². The molecule has 0 radical (unpaired) electrons. The van der Waals surface area contributed by atoms with Gasteiger partial charge in [0.1, 0.15) is 10.4 Å². The van der Waals surface area contributed by atoms with E-state index in [2.05, 4.69) is 26.2 Å². The summed E-state index contributed by atoms with van der Waals surface area (Å²) in [6.45, 7) is 4.17. The highest BCUT2D eigenvalue weighted by Gasteiger charge is 2.13. The van der Waals surface area contributed by atoms with Gasteiger partial charge in [-0.3, -0.25) is 4.79 Å². The lowest BCUT2D eigenvalue weighted by Gasteiger charge is -2.13. The number of aromatic nitrogens is 1. The normalized spacial score (nSPS) is 11.9. The Labute approximate surface area is 97.2 Å². The molecule has 0 aliphatic rings. The Kier molecular flexibility index (Phi) is 4.55. The summed E-state index contributed by atoms with van der Waals surface area (Å²) in [5, 5.41) is 2.68. The lowest BCUT2D eigenvalue weighted by molar-refractivity contribution is -0.127. The van der Waals surface area contributed by atoms with E-state index in [1.54, 1.807) is 25.3 Å². The molecule has 0 spiro atoms. The second kappa shape index (κ2) is 5.70. The standard InChI is InChI=1S/C10H13BrN2O2/c1-3-12-10(14)7(2)15-8-4-5-9(11)13-6-8/h4-7H,3H2,1-2H3,(H,12,14). The molecule has 0 aliphatic carbocycles. The second-order valence-corrected chi connectivity index (χ2v) is 3.78. The molecule has 0 aliphatic heterocycles. The van der Waals surface area contributed by atoms with Crippen LogP contribution in [0.3, 0.4) is 0 Å². The molecule has 82 valence electrons. The highest BCUT2D eigenvalue weighted by Crippen LogP contribution is 2.14. The Hall–Kier alpha value is -1.10. The molecule has 0 bridgehead atoms. The third-order valence-electron chi connectivity index (χ3n) is 1.73. The van der Waals surface area contributed by atoms with E-state index in [-0.39, 0.29) is 5.91 Å². The highest BCUT2D eigenvalue weighted by atomic mass is 79.9. The number of ether oxygens (including phenoxy) is 1. The predicted octanol–water partition coefficient (Wildman–Crippen LogP) is 1.75. The van der Waals surface area contributed by atoms with Gasteiger partial charge in [0.15, 0.2) is 6.10 Å². The van der Waals surface area contributed by atoms with Crippen molar-refractivity contribution in [2.24, 2.45) is 0 Å². The van der Waals surface area contributed by atoms with E-state index in [0.29, 0.717) is 12.3 Å². The van der Waals surface area contributed by atoms with Crippen molar-refractivity contribution in [1.29, 1.82) is 0 Å². The molecular weight excluding hydrogens is 260 g/mol. The molecular formula is C10H13BrN2O2. The zero-order valence-corrected chi connectivity index (χ0v) is 10.2. The van der Waals surface area contributed by atoms with Crippen LogP contribution in [0.5, 0.6) is 5.75 Å². The SMILES string of the molecule is CCNC(=O)C(C)Oc1ccc(Br)nc1. The van der Waals surface area contributed by atoms with Crippen LogP contribution in [0.15, 0.2) is 22.9 Å². The fourth-order valence-corrected chi connectivity index (χ4v) is 1.24. The van der Waals surface area contributed by atoms with Crippen LogP contribution in [0.4, 0.5) is 0 Å². The van der Waals surface area contributed by atoms with Crippen LogP contribution in [0, 0.1) is 0 Å². The lowest BCUT2D eigenvalue weighted by atomic mass is 10.3. The fourth-order valence-electron chi connectivity index (χ4n) is 1.01. The van der Waals surface area contributed by atoms with Gasteiger partial charge in [-0.2, -0.15) is 0 Å². The predicted molar refractivity (Wildman–Crippen MR) is 60.7 cm³/mol. The average molecular weight is 273 g/mol. The molecule has 0 aromatic carbocycles. The number of carbonyl (C=O) groups is 1. The summed E-state index contributed by atoms with van der Waals surface area (Å²) in [6, 6.07) is 3.52. The zero-order valence-electron chi connectivity index (χ0n) is 8.66. The number of carbonyl (C=O) groups excluding carboxylic acids is 1. The van der Waals surface area contributed by atoms with Crippen molar-refractivity contribution in [3.05, 3.63) is 22.9 Å². The molecule has 5 heteroatoms. The Morgan fingerprint density at radius 2 is 2.40 bits per heavy atom. The maximum absolute atomic E-state index is 11.3. The molecule has 15 heavy (non-hydrogen) atoms. The largest absolute Gasteiger partial charge is 0.479 e. The minimum atomic E-state index is -0.507. The molecule has 1 aromatic heterocycles. The Morgan fingerprint density at radius 3 is 2.93 bits per heavy atom. The van der Waals surface area contributed by atoms with Gasteiger partial charge in [-0.15, -0.1) is 0 Å². The number of rotatable bonds is 4. The van der Waals surface area contributed by atoms with Crippen LogP contribution >= 0.6 is 15.9 Å². The smallest absolute Gasteiger partial charge is 0.260 e. The highest BCUT2D eigenvalue weighted by molar-refractivity contribution is 9.10. The number of hydrogen-bond donors (Lipinski definition) is 1. The number of likely N-dealkylation sites (N-methyl/N-ethyl adjacent to an activating group) is 1. The average Bonchev–Trinajstić information content (AvgIpc) is 2.22. The summed E-state index contributed by atoms with van der Waals surface area (Å²) in [4.78, 5) is 15.3. The van der Waals surface area contributed by atoms with E-state index in [4.69, 9.17) is 4.74 Å². The molecule has 1 N–H and O–H groups in total. The van der Waals surface area contributed by atoms with E-state index in [0.717, 1.165) is 4.60 Å². The van der Waals surface area contributed by atoms with Gasteiger partial charge in [0, 0.05) is 6.54 Å². The Morgan fingerprint density at radius 1 is 1.67 bits per heavy atom. The maximum Gasteiger partial charge on any atom is 0.260 e. The topological polar surface area (TPSA) is 51.2 Å². The first-order valence-corrected chi connectivity index (χ1v) is 5.48. The Bertz CT molecular complexity index is 327. The number of nitrogens with one attached hydrogen (secondary N) is 1. The van der Waals surface area contributed by atoms with Gasteiger partial charge in [-0.05, 0) is 41.9 Å². The van der Waals surface area contributed by atoms with Gasteiger partial charge >= 0.3 is 0 Å². The molecule has 1 rings (SSSR count). The molecule has 0 fully saturated rings. The van der Waals surface area contributed by atoms with Crippen molar-refractivity contribution in [2.75, 3.05) is 6.54 Å². The van der Waals surface area contributed by atoms with E-state index in [1.807, 2.05) is 6.92 Å². The number of pyridine rings is 1. The number of amides is 1. The van der Waals surface area contributed by atoms with Gasteiger partial charge in [-0.1, -0.05) is 0 Å². The Balaban J connectivity index is 2.54. The van der Waals surface area contributed by atoms with Gasteiger partial charge < -0.3 is 10.1 Å². The van der Waals surface area contributed by atoms with Crippen LogP contribution in [0.25, 0.3) is 0 Å². The molecule has 1 atom stereocenters. The van der Waals surface area contributed by atoms with Crippen molar-refractivity contribution in [3.63, 3.8) is 0 Å². The number of nitrogens with zero attached hydrogens (tertiary/aromatic N) is 1. The van der Waals surface area contributed by atoms with Crippen LogP contribution in [-0.4, -0.2) is 23.5 Å². The molecule has 0 saturated heterocycles. The summed E-state index contributed by atoms with van der Waals surface area (Å²) in [5.74, 6) is 0.456. The van der Waals surface area contributed by atoms with Crippen molar-refractivity contribution in [1.82, 2.24) is 10.3 Å². The van der Waals surface area contributed by atoms with Crippen LogP contribution in [-0.2, 0) is 4.79 Å². The first kappa shape index (κ1) is 12.0. The van der Waals surface area contributed by atoms with Gasteiger partial charge in [0.05, 0.1) is 6.20 Å². The minimum Gasteiger partial charge on any atom is -0.479 e. The monoisotopic (exact) mass is 272 g/mol. The van der Waals surface area contributed by atoms with Crippen molar-refractivity contribution >= 4 is 21.8 Å². The van der Waals surface area contributed by atoms with Crippen molar-refractivity contribution < 1.29 is 9.53 Å². The lowest BCUT2D eigenvalue weighted by Crippen LogP contribution is -2.36. The molecule has 1 amide bonds. The fraction of sp³-hybridized carbons (Fsp3) is 0.400. The molecule has 1 heterocycles. The van der Waals surface area contributed by atoms with Crippen molar-refractivity contribution in [3.8, 4) is 5.75 Å². The van der Waals surface area contributed by atoms with E-state index >= 15 is 0 Å². The summed E-state index contributed by atoms with van der Waals surface area (Å²) in [6.07, 6.45) is 1.06. The maximum atomic E-state index is 11.3. The summed E-state index contributed by atoms with van der Waals surface area (Å²) in [5.41, 5.74) is 0. The van der Waals surface area contributed by atoms with E-state index < -0.39 is 6.10 Å². The third-order valence-corrected chi connectivity index (χ3v) is 2.20. The molecule has 1 aromatic rings. The molecule has 0 saturated carbocycles. The molecule has 1 unspecified atom stereocenters. The number of halogens is 1. The first-order chi connectivity index (χ1) is 7.13. The summed E-state index contributed by atoms with van der Waals surface area (Å²) < 4.78 is 6.12. The van der Waals surface area contributed by atoms with Crippen molar-refractivity contribution in [2.45, 2.75) is 20.0 Å². The van der Waals surface area contributed by atoms with Crippen LogP contribution < -0.4 is 10.1 Å². The molecule has 4 nitrogen and oxygen atoms in total. The minimum absolute atomic E-state index is 0.125. The zero-order chi connectivity index (χ0) is 11.3. The summed E-state index contributed by atoms with van der Waals surface area (Å²) in [7, 11) is 0. The first-order valence-electron chi connectivity index (χ1n) is 4.69. The van der Waals surface area contributed by atoms with E-state index in [1.165, 1.54) is 0 Å². The van der Waals surface area contributed by atoms with Crippen LogP contribution in [0.1, 0.15) is 13.8 Å². The van der Waals surface area contributed by atoms with Gasteiger partial charge in [-0.25, -0.2) is 4.98 Å².